The largest absolute Gasteiger partial charge is 0.387 e. The second-order valence-electron chi connectivity index (χ2n) is 5.54. The Morgan fingerprint density at radius 1 is 1.23 bits per heavy atom. The summed E-state index contributed by atoms with van der Waals surface area (Å²) in [5.74, 6) is -0.0802. The minimum atomic E-state index is -0.417. The first-order valence-electron chi connectivity index (χ1n) is 7.30. The van der Waals surface area contributed by atoms with Crippen molar-refractivity contribution in [2.24, 2.45) is 0 Å². The Morgan fingerprint density at radius 3 is 2.73 bits per heavy atom. The average Bonchev–Trinajstić information content (AvgIpc) is 2.55. The van der Waals surface area contributed by atoms with Crippen LogP contribution in [-0.4, -0.2) is 29.0 Å². The van der Waals surface area contributed by atoms with Gasteiger partial charge < -0.3 is 20.3 Å². The van der Waals surface area contributed by atoms with Crippen molar-refractivity contribution in [3.8, 4) is 0 Å². The molecule has 1 aliphatic rings. The summed E-state index contributed by atoms with van der Waals surface area (Å²) in [6.07, 6.45) is 1.46. The lowest BCUT2D eigenvalue weighted by Crippen LogP contribution is -2.51. The molecule has 6 nitrogen and oxygen atoms in total. The number of anilines is 1. The number of hydrogen-bond donors (Lipinski definition) is 1. The Kier molecular flexibility index (Phi) is 4.02. The molecule has 1 saturated heterocycles. The molecule has 1 aromatic carbocycles. The number of piperazine rings is 1. The number of nitrogens with one attached hydrogen (secondary N) is 1. The molecule has 0 aliphatic carbocycles. The lowest BCUT2D eigenvalue weighted by molar-refractivity contribution is -0.388. The lowest BCUT2D eigenvalue weighted by Gasteiger charge is -2.38. The van der Waals surface area contributed by atoms with E-state index in [1.54, 1.807) is 12.1 Å². The van der Waals surface area contributed by atoms with Gasteiger partial charge in [-0.3, -0.25) is 0 Å². The Labute approximate surface area is 128 Å². The van der Waals surface area contributed by atoms with Gasteiger partial charge >= 0.3 is 5.82 Å². The van der Waals surface area contributed by atoms with Gasteiger partial charge in [0.05, 0.1) is 6.04 Å². The second kappa shape index (κ2) is 6.11. The van der Waals surface area contributed by atoms with Crippen molar-refractivity contribution in [3.63, 3.8) is 0 Å². The fourth-order valence-electron chi connectivity index (χ4n) is 2.93. The molecule has 1 fully saturated rings. The average molecular weight is 298 g/mol. The molecular weight excluding hydrogens is 280 g/mol. The summed E-state index contributed by atoms with van der Waals surface area (Å²) in [5, 5.41) is 14.7. The van der Waals surface area contributed by atoms with Crippen molar-refractivity contribution < 1.29 is 4.92 Å². The van der Waals surface area contributed by atoms with Crippen LogP contribution in [0.1, 0.15) is 18.5 Å². The number of nitrogens with zero attached hydrogens (tertiary/aromatic N) is 3. The van der Waals surface area contributed by atoms with Crippen molar-refractivity contribution >= 4 is 11.5 Å². The predicted molar refractivity (Wildman–Crippen MR) is 84.9 cm³/mol. The van der Waals surface area contributed by atoms with E-state index in [1.165, 1.54) is 11.8 Å². The Balaban J connectivity index is 1.90. The number of rotatable bonds is 3. The molecule has 0 unspecified atom stereocenters. The maximum Gasteiger partial charge on any atom is 0.387 e. The quantitative estimate of drug-likeness (QED) is 0.696. The van der Waals surface area contributed by atoms with E-state index in [0.717, 1.165) is 6.54 Å². The summed E-state index contributed by atoms with van der Waals surface area (Å²) in [6, 6.07) is 14.0. The van der Waals surface area contributed by atoms with E-state index in [0.29, 0.717) is 12.2 Å². The van der Waals surface area contributed by atoms with Gasteiger partial charge in [-0.05, 0) is 34.5 Å². The zero-order chi connectivity index (χ0) is 15.5. The van der Waals surface area contributed by atoms with Crippen LogP contribution in [0.5, 0.6) is 0 Å². The normalized spacial score (nSPS) is 21.6. The standard InChI is InChI=1S/C16H18N4O2/c1-12-10-19(15-8-5-9-17-16(15)20(21)22)11-14(18-12)13-6-3-2-4-7-13/h2-9,12,14,18H,10-11H2,1H3/t12-,14-/m1/s1. The van der Waals surface area contributed by atoms with Crippen LogP contribution < -0.4 is 10.2 Å². The molecular formula is C16H18N4O2. The molecule has 2 aromatic rings. The van der Waals surface area contributed by atoms with Crippen LogP contribution in [0.15, 0.2) is 48.7 Å². The Morgan fingerprint density at radius 2 is 2.00 bits per heavy atom. The van der Waals surface area contributed by atoms with Crippen molar-refractivity contribution in [2.45, 2.75) is 19.0 Å². The van der Waals surface area contributed by atoms with Crippen LogP contribution in [-0.2, 0) is 0 Å². The van der Waals surface area contributed by atoms with Gasteiger partial charge in [0.2, 0.25) is 0 Å². The molecule has 2 atom stereocenters. The summed E-state index contributed by atoms with van der Waals surface area (Å²) < 4.78 is 0. The molecule has 0 amide bonds. The molecule has 0 bridgehead atoms. The van der Waals surface area contributed by atoms with Crippen LogP contribution in [0.2, 0.25) is 0 Å². The monoisotopic (exact) mass is 298 g/mol. The first-order chi connectivity index (χ1) is 10.6. The Bertz CT molecular complexity index is 662. The third-order valence-corrected chi connectivity index (χ3v) is 3.86. The number of hydrogen-bond acceptors (Lipinski definition) is 5. The molecule has 6 heteroatoms. The fourth-order valence-corrected chi connectivity index (χ4v) is 2.93. The van der Waals surface area contributed by atoms with Crippen LogP contribution >= 0.6 is 0 Å². The van der Waals surface area contributed by atoms with Crippen LogP contribution in [0.3, 0.4) is 0 Å². The second-order valence-corrected chi connectivity index (χ2v) is 5.54. The van der Waals surface area contributed by atoms with E-state index in [9.17, 15) is 10.1 Å². The highest BCUT2D eigenvalue weighted by Gasteiger charge is 2.29. The molecule has 0 saturated carbocycles. The van der Waals surface area contributed by atoms with Crippen molar-refractivity contribution in [3.05, 3.63) is 64.3 Å². The molecule has 22 heavy (non-hydrogen) atoms. The minimum absolute atomic E-state index is 0.0802. The van der Waals surface area contributed by atoms with E-state index in [1.807, 2.05) is 23.1 Å². The first kappa shape index (κ1) is 14.5. The van der Waals surface area contributed by atoms with E-state index in [2.05, 4.69) is 29.4 Å². The number of nitro groups is 1. The van der Waals surface area contributed by atoms with Crippen molar-refractivity contribution in [2.75, 3.05) is 18.0 Å². The third-order valence-electron chi connectivity index (χ3n) is 3.86. The minimum Gasteiger partial charge on any atom is -0.361 e. The molecule has 114 valence electrons. The maximum atomic E-state index is 11.2. The number of benzene rings is 1. The SMILES string of the molecule is C[C@@H]1CN(c2cccnc2[N+](=O)[O-])C[C@H](c2ccccc2)N1. The summed E-state index contributed by atoms with van der Waals surface area (Å²) in [6.45, 7) is 3.49. The molecule has 1 aromatic heterocycles. The fraction of sp³-hybridized carbons (Fsp3) is 0.312. The number of pyridine rings is 1. The molecule has 0 radical (unpaired) electrons. The first-order valence-corrected chi connectivity index (χ1v) is 7.30. The van der Waals surface area contributed by atoms with Gasteiger partial charge in [-0.15, -0.1) is 0 Å². The highest BCUT2D eigenvalue weighted by atomic mass is 16.6. The molecule has 2 heterocycles. The molecule has 3 rings (SSSR count). The maximum absolute atomic E-state index is 11.2. The van der Waals surface area contributed by atoms with Crippen LogP contribution in [0.4, 0.5) is 11.5 Å². The van der Waals surface area contributed by atoms with E-state index in [4.69, 9.17) is 0 Å². The van der Waals surface area contributed by atoms with E-state index in [-0.39, 0.29) is 17.9 Å². The number of aromatic nitrogens is 1. The summed E-state index contributed by atoms with van der Waals surface area (Å²) in [5.41, 5.74) is 1.77. The van der Waals surface area contributed by atoms with Crippen molar-refractivity contribution in [1.29, 1.82) is 0 Å². The van der Waals surface area contributed by atoms with Gasteiger partial charge in [-0.1, -0.05) is 30.3 Å². The van der Waals surface area contributed by atoms with Crippen LogP contribution in [0.25, 0.3) is 0 Å². The zero-order valence-corrected chi connectivity index (χ0v) is 12.3. The summed E-state index contributed by atoms with van der Waals surface area (Å²) in [7, 11) is 0. The molecule has 0 spiro atoms. The highest BCUT2D eigenvalue weighted by Crippen LogP contribution is 2.29. The molecule has 1 N–H and O–H groups in total. The van der Waals surface area contributed by atoms with Crippen molar-refractivity contribution in [1.82, 2.24) is 10.3 Å². The van der Waals surface area contributed by atoms with Gasteiger partial charge in [-0.25, -0.2) is 0 Å². The van der Waals surface area contributed by atoms with E-state index >= 15 is 0 Å². The van der Waals surface area contributed by atoms with Gasteiger partial charge in [0.1, 0.15) is 11.9 Å². The lowest BCUT2D eigenvalue weighted by atomic mass is 10.0. The summed E-state index contributed by atoms with van der Waals surface area (Å²) >= 11 is 0. The predicted octanol–water partition coefficient (Wildman–Crippen LogP) is 2.53. The zero-order valence-electron chi connectivity index (χ0n) is 12.3. The smallest absolute Gasteiger partial charge is 0.361 e. The van der Waals surface area contributed by atoms with Gasteiger partial charge in [-0.2, -0.15) is 0 Å². The molecule has 1 aliphatic heterocycles. The van der Waals surface area contributed by atoms with Crippen LogP contribution in [0, 0.1) is 10.1 Å². The third kappa shape index (κ3) is 2.92. The van der Waals surface area contributed by atoms with Gasteiger partial charge in [0.25, 0.3) is 0 Å². The summed E-state index contributed by atoms with van der Waals surface area (Å²) in [4.78, 5) is 16.7. The Hall–Kier alpha value is -2.47. The topological polar surface area (TPSA) is 71.3 Å². The highest BCUT2D eigenvalue weighted by molar-refractivity contribution is 5.59. The van der Waals surface area contributed by atoms with Gasteiger partial charge in [0.15, 0.2) is 0 Å². The van der Waals surface area contributed by atoms with E-state index < -0.39 is 4.92 Å². The van der Waals surface area contributed by atoms with Gasteiger partial charge in [0, 0.05) is 19.1 Å².